The zero-order valence-electron chi connectivity index (χ0n) is 18.2. The average Bonchev–Trinajstić information content (AvgIpc) is 3.64. The van der Waals surface area contributed by atoms with Crippen LogP contribution in [0.5, 0.6) is 0 Å². The highest BCUT2D eigenvalue weighted by molar-refractivity contribution is 9.10. The van der Waals surface area contributed by atoms with Gasteiger partial charge in [-0.3, -0.25) is 0 Å². The maximum atomic E-state index is 13.7. The molecule has 32 heavy (non-hydrogen) atoms. The SMILES string of the molecule is COB(OC)OC.Fc1cc(Br)ccc1C1CC1.OB(O)c1c(Br)ccc(C2CC2)c1F. The smallest absolute Gasteiger partial charge is 0.423 e. The fourth-order valence-electron chi connectivity index (χ4n) is 3.05. The second-order valence-corrected chi connectivity index (χ2v) is 9.22. The van der Waals surface area contributed by atoms with Crippen LogP contribution < -0.4 is 5.46 Å². The Hall–Kier alpha value is -0.810. The lowest BCUT2D eigenvalue weighted by Crippen LogP contribution is -2.34. The molecule has 2 fully saturated rings. The van der Waals surface area contributed by atoms with Crippen LogP contribution in [0.25, 0.3) is 0 Å². The summed E-state index contributed by atoms with van der Waals surface area (Å²) in [4.78, 5) is 0. The Bertz CT molecular complexity index is 874. The van der Waals surface area contributed by atoms with Crippen molar-refractivity contribution in [3.05, 3.63) is 62.0 Å². The average molecular weight is 578 g/mol. The third-order valence-corrected chi connectivity index (χ3v) is 6.17. The van der Waals surface area contributed by atoms with Gasteiger partial charge in [-0.05, 0) is 66.8 Å². The molecule has 5 nitrogen and oxygen atoms in total. The Morgan fingerprint density at radius 2 is 1.34 bits per heavy atom. The van der Waals surface area contributed by atoms with Crippen molar-refractivity contribution in [2.24, 2.45) is 0 Å². The van der Waals surface area contributed by atoms with Gasteiger partial charge in [0.05, 0.1) is 0 Å². The van der Waals surface area contributed by atoms with Crippen LogP contribution in [0.1, 0.15) is 48.6 Å². The van der Waals surface area contributed by atoms with Crippen molar-refractivity contribution in [1.29, 1.82) is 0 Å². The van der Waals surface area contributed by atoms with Gasteiger partial charge in [0, 0.05) is 35.7 Å². The summed E-state index contributed by atoms with van der Waals surface area (Å²) in [5.74, 6) is 0.211. The van der Waals surface area contributed by atoms with E-state index in [-0.39, 0.29) is 17.2 Å². The van der Waals surface area contributed by atoms with Crippen molar-refractivity contribution in [3.63, 3.8) is 0 Å². The summed E-state index contributed by atoms with van der Waals surface area (Å²) in [6.45, 7) is 0. The molecule has 174 valence electrons. The van der Waals surface area contributed by atoms with E-state index in [9.17, 15) is 8.78 Å². The minimum Gasteiger partial charge on any atom is -0.423 e. The van der Waals surface area contributed by atoms with Crippen LogP contribution in [0.2, 0.25) is 0 Å². The van der Waals surface area contributed by atoms with Crippen LogP contribution >= 0.6 is 31.9 Å². The molecule has 0 unspecified atom stereocenters. The van der Waals surface area contributed by atoms with Crippen LogP contribution in [-0.2, 0) is 14.0 Å². The highest BCUT2D eigenvalue weighted by Crippen LogP contribution is 2.42. The first kappa shape index (κ1) is 27.4. The summed E-state index contributed by atoms with van der Waals surface area (Å²) in [7, 11) is 2.26. The van der Waals surface area contributed by atoms with Gasteiger partial charge in [-0.25, -0.2) is 8.78 Å². The first-order valence-corrected chi connectivity index (χ1v) is 11.7. The minimum absolute atomic E-state index is 0.0607. The third kappa shape index (κ3) is 8.20. The molecular formula is C21H26B2Br2F2O5. The summed E-state index contributed by atoms with van der Waals surface area (Å²) in [5.41, 5.74) is 1.42. The summed E-state index contributed by atoms with van der Waals surface area (Å²) in [6.07, 6.45) is 4.27. The van der Waals surface area contributed by atoms with E-state index in [2.05, 4.69) is 45.8 Å². The normalized spacial score (nSPS) is 14.7. The van der Waals surface area contributed by atoms with E-state index < -0.39 is 20.3 Å². The fourth-order valence-corrected chi connectivity index (χ4v) is 3.89. The zero-order valence-corrected chi connectivity index (χ0v) is 21.3. The molecule has 2 aromatic carbocycles. The van der Waals surface area contributed by atoms with Gasteiger partial charge in [0.1, 0.15) is 11.6 Å². The molecule has 0 amide bonds. The van der Waals surface area contributed by atoms with Gasteiger partial charge in [-0.2, -0.15) is 0 Å². The lowest BCUT2D eigenvalue weighted by Gasteiger charge is -2.08. The van der Waals surface area contributed by atoms with Gasteiger partial charge in [0.2, 0.25) is 0 Å². The monoisotopic (exact) mass is 576 g/mol. The van der Waals surface area contributed by atoms with Crippen molar-refractivity contribution in [2.75, 3.05) is 21.3 Å². The van der Waals surface area contributed by atoms with Gasteiger partial charge >= 0.3 is 14.4 Å². The van der Waals surface area contributed by atoms with Gasteiger partial charge in [-0.15, -0.1) is 0 Å². The molecule has 2 N–H and O–H groups in total. The molecular weight excluding hydrogens is 552 g/mol. The van der Waals surface area contributed by atoms with Crippen molar-refractivity contribution >= 4 is 51.8 Å². The van der Waals surface area contributed by atoms with Crippen molar-refractivity contribution in [2.45, 2.75) is 37.5 Å². The maximum absolute atomic E-state index is 13.7. The van der Waals surface area contributed by atoms with E-state index in [1.807, 2.05) is 12.1 Å². The summed E-state index contributed by atoms with van der Waals surface area (Å²) >= 11 is 6.32. The summed E-state index contributed by atoms with van der Waals surface area (Å²) in [6, 6.07) is 8.66. The van der Waals surface area contributed by atoms with Crippen LogP contribution in [0, 0.1) is 11.6 Å². The highest BCUT2D eigenvalue weighted by atomic mass is 79.9. The molecule has 0 radical (unpaired) electrons. The van der Waals surface area contributed by atoms with E-state index in [1.165, 1.54) is 27.4 Å². The maximum Gasteiger partial charge on any atom is 0.638 e. The molecule has 0 heterocycles. The molecule has 2 aromatic rings. The molecule has 4 rings (SSSR count). The van der Waals surface area contributed by atoms with Gasteiger partial charge in [-0.1, -0.05) is 44.0 Å². The minimum atomic E-state index is -1.76. The zero-order chi connectivity index (χ0) is 23.8. The first-order valence-electron chi connectivity index (χ1n) is 10.1. The first-order chi connectivity index (χ1) is 15.2. The van der Waals surface area contributed by atoms with Gasteiger partial charge in [0.25, 0.3) is 0 Å². The third-order valence-electron chi connectivity index (χ3n) is 4.99. The fraction of sp³-hybridized carbons (Fsp3) is 0.429. The van der Waals surface area contributed by atoms with Crippen LogP contribution in [0.15, 0.2) is 39.3 Å². The lowest BCUT2D eigenvalue weighted by atomic mass is 9.78. The second-order valence-electron chi connectivity index (χ2n) is 7.45. The number of rotatable bonds is 6. The predicted molar refractivity (Wildman–Crippen MR) is 129 cm³/mol. The van der Waals surface area contributed by atoms with Gasteiger partial charge in [0.15, 0.2) is 0 Å². The Morgan fingerprint density at radius 3 is 1.75 bits per heavy atom. The van der Waals surface area contributed by atoms with E-state index in [0.29, 0.717) is 16.0 Å². The van der Waals surface area contributed by atoms with Crippen LogP contribution in [0.4, 0.5) is 8.78 Å². The van der Waals surface area contributed by atoms with Crippen LogP contribution in [0.3, 0.4) is 0 Å². The number of hydrogen-bond donors (Lipinski definition) is 2. The van der Waals surface area contributed by atoms with E-state index in [1.54, 1.807) is 12.1 Å². The summed E-state index contributed by atoms with van der Waals surface area (Å²) in [5, 5.41) is 18.0. The quantitative estimate of drug-likeness (QED) is 0.494. The Labute approximate surface area is 205 Å². The molecule has 11 heteroatoms. The van der Waals surface area contributed by atoms with Crippen LogP contribution in [-0.4, -0.2) is 45.8 Å². The molecule has 2 saturated carbocycles. The van der Waals surface area contributed by atoms with Crippen molar-refractivity contribution < 1.29 is 32.8 Å². The van der Waals surface area contributed by atoms with E-state index >= 15 is 0 Å². The lowest BCUT2D eigenvalue weighted by molar-refractivity contribution is 0.163. The number of halogens is 4. The highest BCUT2D eigenvalue weighted by Gasteiger charge is 2.31. The Balaban J connectivity index is 0.000000181. The molecule has 2 aliphatic rings. The predicted octanol–water partition coefficient (Wildman–Crippen LogP) is 4.52. The molecule has 0 atom stereocenters. The number of benzene rings is 2. The molecule has 0 bridgehead atoms. The topological polar surface area (TPSA) is 68.2 Å². The second kappa shape index (κ2) is 13.2. The standard InChI is InChI=1S/C9H9BBrFO2.C9H8BrF.C3H9BO3/c11-7-4-3-6(5-1-2-5)9(12)8(7)10(13)14;10-7-3-4-8(6-1-2-6)9(11)5-7;1-5-4(6-2)7-3/h3-5,13-14H,1-2H2;3-6H,1-2H2;1-3H3. The van der Waals surface area contributed by atoms with Crippen molar-refractivity contribution in [3.8, 4) is 0 Å². The van der Waals surface area contributed by atoms with Gasteiger partial charge < -0.3 is 24.0 Å². The molecule has 0 aromatic heterocycles. The largest absolute Gasteiger partial charge is 0.638 e. The van der Waals surface area contributed by atoms with Crippen molar-refractivity contribution in [1.82, 2.24) is 0 Å². The Morgan fingerprint density at radius 1 is 0.844 bits per heavy atom. The summed E-state index contributed by atoms with van der Waals surface area (Å²) < 4.78 is 41.9. The molecule has 0 aliphatic heterocycles. The van der Waals surface area contributed by atoms with E-state index in [0.717, 1.165) is 35.7 Å². The number of hydrogen-bond acceptors (Lipinski definition) is 5. The molecule has 0 saturated heterocycles. The molecule has 2 aliphatic carbocycles. The van der Waals surface area contributed by atoms with E-state index in [4.69, 9.17) is 10.0 Å². The Kier molecular flexibility index (Phi) is 11.3. The molecule has 0 spiro atoms.